The maximum atomic E-state index is 10.6. The molecule has 0 amide bonds. The number of aliphatic carboxylic acids is 1. The van der Waals surface area contributed by atoms with Gasteiger partial charge in [0.15, 0.2) is 5.76 Å². The topological polar surface area (TPSA) is 99.2 Å². The molecule has 1 aromatic carbocycles. The lowest BCUT2D eigenvalue weighted by Gasteiger charge is -2.11. The van der Waals surface area contributed by atoms with E-state index in [4.69, 9.17) is 14.3 Å². The van der Waals surface area contributed by atoms with Crippen LogP contribution in [0.15, 0.2) is 57.6 Å². The molecule has 0 aliphatic rings. The van der Waals surface area contributed by atoms with Crippen molar-refractivity contribution in [1.29, 1.82) is 5.26 Å². The van der Waals surface area contributed by atoms with Gasteiger partial charge in [0.2, 0.25) is 0 Å². The summed E-state index contributed by atoms with van der Waals surface area (Å²) < 4.78 is 38.1. The van der Waals surface area contributed by atoms with Crippen molar-refractivity contribution >= 4 is 27.7 Å². The third kappa shape index (κ3) is 5.58. The third-order valence-corrected chi connectivity index (χ3v) is 4.07. The lowest BCUT2D eigenvalue weighted by atomic mass is 10.00. The Labute approximate surface area is 171 Å². The Balaban J connectivity index is 0.000000370. The van der Waals surface area contributed by atoms with Crippen molar-refractivity contribution in [3.8, 4) is 28.7 Å². The highest BCUT2D eigenvalue weighted by Gasteiger charge is 2.38. The van der Waals surface area contributed by atoms with Crippen LogP contribution in [0.3, 0.4) is 0 Å². The monoisotopic (exact) mass is 467 g/mol. The zero-order chi connectivity index (χ0) is 21.6. The number of hydrogen-bond acceptors (Lipinski definition) is 5. The molecule has 0 radical (unpaired) electrons. The van der Waals surface area contributed by atoms with E-state index in [2.05, 4.69) is 32.3 Å². The fourth-order valence-electron chi connectivity index (χ4n) is 2.25. The smallest absolute Gasteiger partial charge is 0.475 e. The van der Waals surface area contributed by atoms with Crippen LogP contribution in [0.5, 0.6) is 0 Å². The second-order valence-electron chi connectivity index (χ2n) is 5.43. The average molecular weight is 468 g/mol. The van der Waals surface area contributed by atoms with Gasteiger partial charge in [-0.1, -0.05) is 28.1 Å². The van der Waals surface area contributed by atoms with Gasteiger partial charge in [-0.25, -0.2) is 9.78 Å². The lowest BCUT2D eigenvalue weighted by molar-refractivity contribution is -0.192. The first-order valence-corrected chi connectivity index (χ1v) is 8.69. The van der Waals surface area contributed by atoms with Crippen molar-refractivity contribution in [3.05, 3.63) is 58.8 Å². The number of carboxylic acids is 1. The molecular formula is C19H13BrF3N3O3. The maximum absolute atomic E-state index is 10.6. The van der Waals surface area contributed by atoms with Crippen molar-refractivity contribution < 1.29 is 27.5 Å². The van der Waals surface area contributed by atoms with Gasteiger partial charge < -0.3 is 14.8 Å². The predicted molar refractivity (Wildman–Crippen MR) is 103 cm³/mol. The number of alkyl halides is 3. The number of carboxylic acid groups (broad SMARTS) is 1. The number of furan rings is 1. The van der Waals surface area contributed by atoms with Crippen LogP contribution < -0.4 is 5.32 Å². The van der Waals surface area contributed by atoms with Gasteiger partial charge in [0.1, 0.15) is 23.1 Å². The number of nitriles is 1. The Morgan fingerprint density at radius 1 is 1.28 bits per heavy atom. The summed E-state index contributed by atoms with van der Waals surface area (Å²) in [5, 5.41) is 19.6. The fraction of sp³-hybridized carbons (Fsp3) is 0.105. The Morgan fingerprint density at radius 3 is 2.34 bits per heavy atom. The Kier molecular flexibility index (Phi) is 7.01. The number of nitrogens with one attached hydrogen (secondary N) is 1. The molecule has 2 aromatic heterocycles. The summed E-state index contributed by atoms with van der Waals surface area (Å²) in [5.74, 6) is -1.55. The quantitative estimate of drug-likeness (QED) is 0.540. The first-order chi connectivity index (χ1) is 13.7. The van der Waals surface area contributed by atoms with E-state index in [1.54, 1.807) is 13.3 Å². The van der Waals surface area contributed by atoms with Crippen LogP contribution in [-0.2, 0) is 4.79 Å². The molecule has 0 aliphatic heterocycles. The van der Waals surface area contributed by atoms with Crippen LogP contribution in [0, 0.1) is 11.3 Å². The fourth-order valence-corrected chi connectivity index (χ4v) is 2.51. The minimum Gasteiger partial charge on any atom is -0.475 e. The van der Waals surface area contributed by atoms with E-state index in [0.29, 0.717) is 22.8 Å². The second kappa shape index (κ2) is 9.25. The van der Waals surface area contributed by atoms with Gasteiger partial charge in [-0.15, -0.1) is 0 Å². The van der Waals surface area contributed by atoms with Gasteiger partial charge in [-0.3, -0.25) is 0 Å². The van der Waals surface area contributed by atoms with E-state index >= 15 is 0 Å². The van der Waals surface area contributed by atoms with Crippen LogP contribution in [-0.4, -0.2) is 29.3 Å². The largest absolute Gasteiger partial charge is 0.490 e. The molecule has 0 spiro atoms. The molecule has 3 aromatic rings. The van der Waals surface area contributed by atoms with Gasteiger partial charge in [-0.05, 0) is 35.9 Å². The summed E-state index contributed by atoms with van der Waals surface area (Å²) in [7, 11) is 1.75. The molecule has 0 saturated heterocycles. The normalized spacial score (nSPS) is 10.5. The number of pyridine rings is 1. The number of aromatic nitrogens is 1. The Hall–Kier alpha value is -3.32. The van der Waals surface area contributed by atoms with Crippen molar-refractivity contribution in [1.82, 2.24) is 4.98 Å². The summed E-state index contributed by atoms with van der Waals surface area (Å²) in [6.07, 6.45) is -3.48. The number of hydrogen-bond donors (Lipinski definition) is 2. The maximum Gasteiger partial charge on any atom is 0.490 e. The van der Waals surface area contributed by atoms with E-state index in [1.165, 1.54) is 0 Å². The molecule has 0 bridgehead atoms. The first-order valence-electron chi connectivity index (χ1n) is 7.90. The first kappa shape index (κ1) is 22.0. The molecule has 10 heteroatoms. The summed E-state index contributed by atoms with van der Waals surface area (Å²) in [4.78, 5) is 13.4. The molecule has 2 heterocycles. The number of anilines is 1. The van der Waals surface area contributed by atoms with E-state index < -0.39 is 12.1 Å². The SMILES string of the molecule is CNc1nc(-c2ccco2)cc(-c2ccc(Br)cc2)c1C#N.O=C(O)C(F)(F)F. The van der Waals surface area contributed by atoms with E-state index in [-0.39, 0.29) is 0 Å². The van der Waals surface area contributed by atoms with Crippen LogP contribution in [0.25, 0.3) is 22.6 Å². The van der Waals surface area contributed by atoms with E-state index in [1.807, 2.05) is 42.5 Å². The van der Waals surface area contributed by atoms with Crippen molar-refractivity contribution in [2.45, 2.75) is 6.18 Å². The number of carbonyl (C=O) groups is 1. The molecule has 2 N–H and O–H groups in total. The van der Waals surface area contributed by atoms with Crippen LogP contribution >= 0.6 is 15.9 Å². The third-order valence-electron chi connectivity index (χ3n) is 3.54. The Morgan fingerprint density at radius 2 is 1.90 bits per heavy atom. The molecule has 29 heavy (non-hydrogen) atoms. The van der Waals surface area contributed by atoms with Crippen molar-refractivity contribution in [3.63, 3.8) is 0 Å². The average Bonchev–Trinajstić information content (AvgIpc) is 3.22. The summed E-state index contributed by atoms with van der Waals surface area (Å²) in [6, 6.07) is 15.6. The minimum absolute atomic E-state index is 0.514. The molecule has 0 saturated carbocycles. The highest BCUT2D eigenvalue weighted by atomic mass is 79.9. The molecule has 0 unspecified atom stereocenters. The zero-order valence-electron chi connectivity index (χ0n) is 14.8. The standard InChI is InChI=1S/C17H12BrN3O.C2HF3O2/c1-20-17-14(10-19)13(11-4-6-12(18)7-5-11)9-15(21-17)16-3-2-8-22-16;3-2(4,5)1(6)7/h2-9H,1H3,(H,20,21);(H,6,7). The number of benzene rings is 1. The van der Waals surface area contributed by atoms with Gasteiger partial charge >= 0.3 is 12.1 Å². The van der Waals surface area contributed by atoms with Crippen LogP contribution in [0.2, 0.25) is 0 Å². The van der Waals surface area contributed by atoms with Crippen LogP contribution in [0.1, 0.15) is 5.56 Å². The summed E-state index contributed by atoms with van der Waals surface area (Å²) in [6.45, 7) is 0. The van der Waals surface area contributed by atoms with Crippen molar-refractivity contribution in [2.24, 2.45) is 0 Å². The molecule has 0 atom stereocenters. The van der Waals surface area contributed by atoms with Crippen LogP contribution in [0.4, 0.5) is 19.0 Å². The zero-order valence-corrected chi connectivity index (χ0v) is 16.4. The van der Waals surface area contributed by atoms with Gasteiger partial charge in [0.05, 0.1) is 6.26 Å². The molecule has 150 valence electrons. The van der Waals surface area contributed by atoms with E-state index in [9.17, 15) is 18.4 Å². The number of rotatable bonds is 3. The Bertz CT molecular complexity index is 1030. The summed E-state index contributed by atoms with van der Waals surface area (Å²) >= 11 is 3.42. The number of halogens is 4. The molecule has 0 aliphatic carbocycles. The van der Waals surface area contributed by atoms with Gasteiger partial charge in [0.25, 0.3) is 0 Å². The molecule has 6 nitrogen and oxygen atoms in total. The molecule has 3 rings (SSSR count). The van der Waals surface area contributed by atoms with Gasteiger partial charge in [-0.2, -0.15) is 18.4 Å². The molecular weight excluding hydrogens is 455 g/mol. The van der Waals surface area contributed by atoms with Gasteiger partial charge in [0, 0.05) is 17.1 Å². The summed E-state index contributed by atoms with van der Waals surface area (Å²) in [5.41, 5.74) is 2.97. The minimum atomic E-state index is -5.08. The number of nitrogens with zero attached hydrogens (tertiary/aromatic N) is 2. The highest BCUT2D eigenvalue weighted by molar-refractivity contribution is 9.10. The van der Waals surface area contributed by atoms with Crippen molar-refractivity contribution in [2.75, 3.05) is 12.4 Å². The highest BCUT2D eigenvalue weighted by Crippen LogP contribution is 2.32. The lowest BCUT2D eigenvalue weighted by Crippen LogP contribution is -2.21. The van der Waals surface area contributed by atoms with E-state index in [0.717, 1.165) is 15.6 Å². The molecule has 0 fully saturated rings. The predicted octanol–water partition coefficient (Wildman–Crippen LogP) is 5.32. The second-order valence-corrected chi connectivity index (χ2v) is 6.34.